The van der Waals surface area contributed by atoms with Crippen molar-refractivity contribution in [3.63, 3.8) is 0 Å². The molecule has 0 saturated heterocycles. The van der Waals surface area contributed by atoms with Gasteiger partial charge in [0.2, 0.25) is 0 Å². The molecule has 0 radical (unpaired) electrons. The summed E-state index contributed by atoms with van der Waals surface area (Å²) in [4.78, 5) is 20.7. The molecule has 1 rings (SSSR count). The summed E-state index contributed by atoms with van der Waals surface area (Å²) in [5.74, 6) is -0.657. The number of esters is 1. The molecule has 1 aromatic rings. The van der Waals surface area contributed by atoms with E-state index < -0.39 is 10.9 Å². The van der Waals surface area contributed by atoms with Crippen molar-refractivity contribution in [3.8, 4) is 0 Å². The number of carbonyl (C=O) groups excluding carboxylic acids is 1. The zero-order chi connectivity index (χ0) is 10.0. The number of nitrogens with zero attached hydrogens (tertiary/aromatic N) is 1. The van der Waals surface area contributed by atoms with Crippen LogP contribution < -0.4 is 5.73 Å². The molecule has 13 heavy (non-hydrogen) atoms. The van der Waals surface area contributed by atoms with Crippen LogP contribution in [0.15, 0.2) is 5.38 Å². The number of nitrogen functional groups attached to an aromatic ring is 1. The molecule has 0 aliphatic carbocycles. The summed E-state index contributed by atoms with van der Waals surface area (Å²) in [5, 5.41) is 11.5. The Kier molecular flexibility index (Phi) is 2.47. The van der Waals surface area contributed by atoms with Gasteiger partial charge in [0, 0.05) is 0 Å². The number of hydrogen-bond acceptors (Lipinski definition) is 6. The van der Waals surface area contributed by atoms with Crippen molar-refractivity contribution < 1.29 is 14.5 Å². The van der Waals surface area contributed by atoms with Crippen LogP contribution in [-0.2, 0) is 4.74 Å². The van der Waals surface area contributed by atoms with Gasteiger partial charge in [-0.25, -0.2) is 4.79 Å². The average Bonchev–Trinajstić information content (AvgIpc) is 2.46. The van der Waals surface area contributed by atoms with E-state index >= 15 is 0 Å². The summed E-state index contributed by atoms with van der Waals surface area (Å²) in [6.07, 6.45) is 0. The Labute approximate surface area is 77.1 Å². The van der Waals surface area contributed by atoms with Crippen LogP contribution in [0.4, 0.5) is 11.4 Å². The van der Waals surface area contributed by atoms with Crippen LogP contribution in [0.25, 0.3) is 0 Å². The zero-order valence-corrected chi connectivity index (χ0v) is 7.46. The minimum Gasteiger partial charge on any atom is -0.465 e. The molecular weight excluding hydrogens is 196 g/mol. The van der Waals surface area contributed by atoms with E-state index in [2.05, 4.69) is 4.74 Å². The second-order valence-corrected chi connectivity index (χ2v) is 2.99. The van der Waals surface area contributed by atoms with E-state index in [-0.39, 0.29) is 16.3 Å². The molecule has 6 nitrogen and oxygen atoms in total. The maximum Gasteiger partial charge on any atom is 0.350 e. The Morgan fingerprint density at radius 3 is 2.77 bits per heavy atom. The Morgan fingerprint density at radius 2 is 2.38 bits per heavy atom. The Morgan fingerprint density at radius 1 is 1.77 bits per heavy atom. The van der Waals surface area contributed by atoms with Gasteiger partial charge in [-0.2, -0.15) is 0 Å². The van der Waals surface area contributed by atoms with Gasteiger partial charge in [-0.05, 0) is 0 Å². The smallest absolute Gasteiger partial charge is 0.350 e. The van der Waals surface area contributed by atoms with E-state index in [0.717, 1.165) is 11.3 Å². The quantitative estimate of drug-likeness (QED) is 0.439. The van der Waals surface area contributed by atoms with Crippen molar-refractivity contribution >= 4 is 28.7 Å². The number of hydrogen-bond donors (Lipinski definition) is 1. The van der Waals surface area contributed by atoms with Gasteiger partial charge >= 0.3 is 11.7 Å². The first kappa shape index (κ1) is 9.46. The second-order valence-electron chi connectivity index (χ2n) is 2.11. The van der Waals surface area contributed by atoms with Gasteiger partial charge in [0.05, 0.1) is 17.4 Å². The number of carbonyl (C=O) groups is 1. The lowest BCUT2D eigenvalue weighted by atomic mass is 10.3. The summed E-state index contributed by atoms with van der Waals surface area (Å²) >= 11 is 0.896. The molecule has 2 N–H and O–H groups in total. The summed E-state index contributed by atoms with van der Waals surface area (Å²) in [7, 11) is 1.19. The predicted octanol–water partition coefficient (Wildman–Crippen LogP) is 1.03. The molecule has 0 aromatic carbocycles. The Hall–Kier alpha value is -1.63. The van der Waals surface area contributed by atoms with Crippen LogP contribution in [0.3, 0.4) is 0 Å². The van der Waals surface area contributed by atoms with Gasteiger partial charge in [-0.1, -0.05) is 0 Å². The number of methoxy groups -OCH3 is 1. The summed E-state index contributed by atoms with van der Waals surface area (Å²) in [6.45, 7) is 0. The molecule has 70 valence electrons. The molecule has 0 atom stereocenters. The van der Waals surface area contributed by atoms with E-state index in [1.165, 1.54) is 12.5 Å². The fraction of sp³-hybridized carbons (Fsp3) is 0.167. The minimum atomic E-state index is -0.657. The predicted molar refractivity (Wildman–Crippen MR) is 46.7 cm³/mol. The number of thiophene rings is 1. The van der Waals surface area contributed by atoms with Gasteiger partial charge in [0.25, 0.3) is 0 Å². The molecule has 7 heteroatoms. The average molecular weight is 202 g/mol. The molecule has 0 unspecified atom stereocenters. The maximum atomic E-state index is 11.0. The van der Waals surface area contributed by atoms with E-state index in [0.29, 0.717) is 0 Å². The topological polar surface area (TPSA) is 95.5 Å². The molecule has 0 aliphatic heterocycles. The van der Waals surface area contributed by atoms with Gasteiger partial charge in [0.1, 0.15) is 10.6 Å². The SMILES string of the molecule is COC(=O)c1scc([N+](=O)[O-])c1N. The highest BCUT2D eigenvalue weighted by molar-refractivity contribution is 7.13. The first-order valence-corrected chi connectivity index (χ1v) is 4.05. The van der Waals surface area contributed by atoms with Crippen LogP contribution in [0.5, 0.6) is 0 Å². The molecule has 1 heterocycles. The molecule has 1 aromatic heterocycles. The summed E-state index contributed by atoms with van der Waals surface area (Å²) in [5.41, 5.74) is 4.95. The highest BCUT2D eigenvalue weighted by Gasteiger charge is 2.22. The summed E-state index contributed by atoms with van der Waals surface area (Å²) in [6, 6.07) is 0. The van der Waals surface area contributed by atoms with Crippen molar-refractivity contribution in [2.45, 2.75) is 0 Å². The van der Waals surface area contributed by atoms with E-state index in [4.69, 9.17) is 5.73 Å². The monoisotopic (exact) mass is 202 g/mol. The highest BCUT2D eigenvalue weighted by Crippen LogP contribution is 2.31. The molecule has 0 spiro atoms. The van der Waals surface area contributed by atoms with E-state index in [1.54, 1.807) is 0 Å². The van der Waals surface area contributed by atoms with E-state index in [9.17, 15) is 14.9 Å². The molecule has 0 saturated carbocycles. The van der Waals surface area contributed by atoms with Crippen molar-refractivity contribution in [1.29, 1.82) is 0 Å². The number of nitro groups is 1. The van der Waals surface area contributed by atoms with Crippen LogP contribution in [-0.4, -0.2) is 18.0 Å². The van der Waals surface area contributed by atoms with Gasteiger partial charge < -0.3 is 10.5 Å². The lowest BCUT2D eigenvalue weighted by Crippen LogP contribution is -2.02. The largest absolute Gasteiger partial charge is 0.465 e. The number of nitrogens with two attached hydrogens (primary N) is 1. The Balaban J connectivity index is 3.13. The Bertz CT molecular complexity index is 360. The number of ether oxygens (including phenoxy) is 1. The first-order valence-electron chi connectivity index (χ1n) is 3.17. The first-order chi connectivity index (χ1) is 6.07. The maximum absolute atomic E-state index is 11.0. The number of anilines is 1. The molecular formula is C6H6N2O4S. The fourth-order valence-electron chi connectivity index (χ4n) is 0.750. The van der Waals surface area contributed by atoms with Gasteiger partial charge in [-0.15, -0.1) is 11.3 Å². The van der Waals surface area contributed by atoms with Gasteiger partial charge in [-0.3, -0.25) is 10.1 Å². The zero-order valence-electron chi connectivity index (χ0n) is 6.64. The molecule has 0 aliphatic rings. The second kappa shape index (κ2) is 3.40. The standard InChI is InChI=1S/C6H6N2O4S/c1-12-6(9)5-4(7)3(2-13-5)8(10)11/h2H,7H2,1H3. The van der Waals surface area contributed by atoms with Crippen molar-refractivity contribution in [3.05, 3.63) is 20.4 Å². The lowest BCUT2D eigenvalue weighted by molar-refractivity contribution is -0.383. The fourth-order valence-corrected chi connectivity index (χ4v) is 1.60. The van der Waals surface area contributed by atoms with Crippen LogP contribution in [0.2, 0.25) is 0 Å². The van der Waals surface area contributed by atoms with E-state index in [1.807, 2.05) is 0 Å². The third-order valence-corrected chi connectivity index (χ3v) is 2.34. The van der Waals surface area contributed by atoms with Crippen LogP contribution in [0, 0.1) is 10.1 Å². The van der Waals surface area contributed by atoms with Gasteiger partial charge in [0.15, 0.2) is 0 Å². The minimum absolute atomic E-state index is 0.0641. The van der Waals surface area contributed by atoms with Crippen LogP contribution >= 0.6 is 11.3 Å². The third-order valence-electron chi connectivity index (χ3n) is 1.38. The van der Waals surface area contributed by atoms with Crippen molar-refractivity contribution in [1.82, 2.24) is 0 Å². The summed E-state index contributed by atoms with van der Waals surface area (Å²) < 4.78 is 4.38. The lowest BCUT2D eigenvalue weighted by Gasteiger charge is -1.94. The number of rotatable bonds is 2. The highest BCUT2D eigenvalue weighted by atomic mass is 32.1. The molecule has 0 bridgehead atoms. The molecule has 0 amide bonds. The molecule has 0 fully saturated rings. The normalized spacial score (nSPS) is 9.62. The van der Waals surface area contributed by atoms with Crippen molar-refractivity contribution in [2.75, 3.05) is 12.8 Å². The van der Waals surface area contributed by atoms with Crippen LogP contribution in [0.1, 0.15) is 9.67 Å². The van der Waals surface area contributed by atoms with Crippen molar-refractivity contribution in [2.24, 2.45) is 0 Å². The third kappa shape index (κ3) is 1.59.